The lowest BCUT2D eigenvalue weighted by atomic mass is 10.0. The zero-order valence-corrected chi connectivity index (χ0v) is 20.8. The zero-order chi connectivity index (χ0) is 25.0. The van der Waals surface area contributed by atoms with Crippen molar-refractivity contribution in [3.8, 4) is 17.0 Å². The normalized spacial score (nSPS) is 14.6. The van der Waals surface area contributed by atoms with Gasteiger partial charge < -0.3 is 19.7 Å². The highest BCUT2D eigenvalue weighted by atomic mass is 16.6. The molecule has 2 amide bonds. The van der Waals surface area contributed by atoms with Crippen LogP contribution in [0.1, 0.15) is 51.0 Å². The minimum atomic E-state index is -0.525. The van der Waals surface area contributed by atoms with E-state index in [1.807, 2.05) is 82.3 Å². The summed E-state index contributed by atoms with van der Waals surface area (Å²) in [5.74, 6) is 0.595. The number of carbonyl (C=O) groups is 2. The monoisotopic (exact) mass is 475 g/mol. The molecule has 1 fully saturated rings. The first-order valence-electron chi connectivity index (χ1n) is 12.2. The summed E-state index contributed by atoms with van der Waals surface area (Å²) >= 11 is 0. The van der Waals surface area contributed by atoms with Gasteiger partial charge in [0.15, 0.2) is 0 Å². The number of nitrogens with one attached hydrogen (secondary N) is 1. The van der Waals surface area contributed by atoms with Crippen molar-refractivity contribution in [2.75, 3.05) is 19.7 Å². The summed E-state index contributed by atoms with van der Waals surface area (Å²) in [4.78, 5) is 32.2. The maximum atomic E-state index is 13.4. The molecule has 4 rings (SSSR count). The van der Waals surface area contributed by atoms with Crippen molar-refractivity contribution in [2.24, 2.45) is 0 Å². The molecule has 2 aromatic carbocycles. The molecule has 1 N–H and O–H groups in total. The third kappa shape index (κ3) is 6.10. The predicted molar refractivity (Wildman–Crippen MR) is 137 cm³/mol. The Morgan fingerprint density at radius 2 is 1.74 bits per heavy atom. The minimum absolute atomic E-state index is 0.0316. The highest BCUT2D eigenvalue weighted by Crippen LogP contribution is 2.27. The average molecular weight is 476 g/mol. The van der Waals surface area contributed by atoms with Crippen molar-refractivity contribution in [1.29, 1.82) is 0 Å². The number of nitrogens with zero attached hydrogens (tertiary/aromatic N) is 2. The number of rotatable bonds is 5. The molecule has 1 aliphatic rings. The van der Waals surface area contributed by atoms with Crippen LogP contribution in [-0.4, -0.2) is 53.2 Å². The van der Waals surface area contributed by atoms with Gasteiger partial charge in [0, 0.05) is 30.1 Å². The van der Waals surface area contributed by atoms with E-state index in [0.717, 1.165) is 27.8 Å². The molecule has 0 bridgehead atoms. The van der Waals surface area contributed by atoms with Crippen LogP contribution in [0.2, 0.25) is 0 Å². The van der Waals surface area contributed by atoms with Crippen LogP contribution in [0, 0.1) is 0 Å². The molecule has 0 atom stereocenters. The number of pyridine rings is 1. The lowest BCUT2D eigenvalue weighted by Gasteiger charge is -2.33. The molecule has 0 unspecified atom stereocenters. The van der Waals surface area contributed by atoms with E-state index in [2.05, 4.69) is 5.32 Å². The minimum Gasteiger partial charge on any atom is -0.494 e. The molecule has 184 valence electrons. The quantitative estimate of drug-likeness (QED) is 0.532. The number of likely N-dealkylation sites (tertiary alicyclic amines) is 1. The molecule has 0 spiro atoms. The molecule has 0 saturated carbocycles. The van der Waals surface area contributed by atoms with Crippen LogP contribution in [-0.2, 0) is 4.74 Å². The number of hydrogen-bond donors (Lipinski definition) is 1. The van der Waals surface area contributed by atoms with Gasteiger partial charge >= 0.3 is 6.09 Å². The maximum absolute atomic E-state index is 13.4. The van der Waals surface area contributed by atoms with Gasteiger partial charge in [0.1, 0.15) is 17.0 Å². The SMILES string of the molecule is CCOc1ccc(-c2cc3ccccc3c(C(=O)NC3CCN(C(=O)OC(C)(C)C)CC3)n2)cc1. The van der Waals surface area contributed by atoms with Crippen LogP contribution in [0.3, 0.4) is 0 Å². The Labute approximate surface area is 206 Å². The molecule has 1 aliphatic heterocycles. The first-order valence-corrected chi connectivity index (χ1v) is 12.2. The molecule has 2 heterocycles. The Morgan fingerprint density at radius 3 is 2.40 bits per heavy atom. The first kappa shape index (κ1) is 24.5. The van der Waals surface area contributed by atoms with E-state index in [1.165, 1.54) is 0 Å². The highest BCUT2D eigenvalue weighted by molar-refractivity contribution is 6.06. The summed E-state index contributed by atoms with van der Waals surface area (Å²) in [6, 6.07) is 17.5. The van der Waals surface area contributed by atoms with Crippen molar-refractivity contribution in [3.63, 3.8) is 0 Å². The van der Waals surface area contributed by atoms with E-state index < -0.39 is 5.60 Å². The second-order valence-electron chi connectivity index (χ2n) is 9.75. The van der Waals surface area contributed by atoms with Crippen LogP contribution >= 0.6 is 0 Å². The van der Waals surface area contributed by atoms with Crippen LogP contribution < -0.4 is 10.1 Å². The fraction of sp³-hybridized carbons (Fsp3) is 0.393. The van der Waals surface area contributed by atoms with Crippen molar-refractivity contribution in [3.05, 3.63) is 60.3 Å². The van der Waals surface area contributed by atoms with Gasteiger partial charge in [-0.15, -0.1) is 0 Å². The Bertz CT molecular complexity index is 1190. The van der Waals surface area contributed by atoms with Crippen LogP contribution in [0.15, 0.2) is 54.6 Å². The number of aromatic nitrogens is 1. The van der Waals surface area contributed by atoms with E-state index in [0.29, 0.717) is 38.2 Å². The number of amides is 2. The van der Waals surface area contributed by atoms with Crippen LogP contribution in [0.5, 0.6) is 5.75 Å². The largest absolute Gasteiger partial charge is 0.494 e. The number of benzene rings is 2. The second-order valence-corrected chi connectivity index (χ2v) is 9.75. The number of piperidine rings is 1. The topological polar surface area (TPSA) is 80.8 Å². The third-order valence-corrected chi connectivity index (χ3v) is 5.90. The molecular weight excluding hydrogens is 442 g/mol. The number of hydrogen-bond acceptors (Lipinski definition) is 5. The van der Waals surface area contributed by atoms with E-state index in [4.69, 9.17) is 14.5 Å². The molecule has 0 radical (unpaired) electrons. The smallest absolute Gasteiger partial charge is 0.410 e. The standard InChI is InChI=1S/C28H33N3O4/c1-5-34-22-12-10-19(11-13-22)24-18-20-8-6-7-9-23(20)25(30-24)26(32)29-21-14-16-31(17-15-21)27(33)35-28(2,3)4/h6-13,18,21H,5,14-17H2,1-4H3,(H,29,32). The molecule has 3 aromatic rings. The second kappa shape index (κ2) is 10.3. The summed E-state index contributed by atoms with van der Waals surface area (Å²) in [5.41, 5.74) is 1.53. The molecule has 7 heteroatoms. The van der Waals surface area contributed by atoms with Gasteiger partial charge in [-0.1, -0.05) is 24.3 Å². The fourth-order valence-electron chi connectivity index (χ4n) is 4.19. The van der Waals surface area contributed by atoms with E-state index >= 15 is 0 Å². The molecule has 0 aliphatic carbocycles. The van der Waals surface area contributed by atoms with Crippen molar-refractivity contribution in [2.45, 2.75) is 52.2 Å². The predicted octanol–water partition coefficient (Wildman–Crippen LogP) is 5.43. The Hall–Kier alpha value is -3.61. The molecule has 7 nitrogen and oxygen atoms in total. The maximum Gasteiger partial charge on any atom is 0.410 e. The Kier molecular flexibility index (Phi) is 7.24. The van der Waals surface area contributed by atoms with Gasteiger partial charge in [-0.3, -0.25) is 4.79 Å². The third-order valence-electron chi connectivity index (χ3n) is 5.90. The Balaban J connectivity index is 1.50. The summed E-state index contributed by atoms with van der Waals surface area (Å²) in [6.45, 7) is 9.21. The summed E-state index contributed by atoms with van der Waals surface area (Å²) in [6.07, 6.45) is 1.03. The zero-order valence-electron chi connectivity index (χ0n) is 20.8. The molecule has 35 heavy (non-hydrogen) atoms. The number of fused-ring (bicyclic) bond motifs is 1. The fourth-order valence-corrected chi connectivity index (χ4v) is 4.19. The van der Waals surface area contributed by atoms with Gasteiger partial charge in [-0.05, 0) is 76.3 Å². The van der Waals surface area contributed by atoms with Crippen molar-refractivity contribution < 1.29 is 19.1 Å². The van der Waals surface area contributed by atoms with Crippen LogP contribution in [0.25, 0.3) is 22.0 Å². The number of carbonyl (C=O) groups excluding carboxylic acids is 2. The summed E-state index contributed by atoms with van der Waals surface area (Å²) < 4.78 is 11.0. The van der Waals surface area contributed by atoms with Crippen LogP contribution in [0.4, 0.5) is 4.79 Å². The highest BCUT2D eigenvalue weighted by Gasteiger charge is 2.28. The van der Waals surface area contributed by atoms with Crippen molar-refractivity contribution in [1.82, 2.24) is 15.2 Å². The molecule has 1 aromatic heterocycles. The lowest BCUT2D eigenvalue weighted by molar-refractivity contribution is 0.0199. The molecular formula is C28H33N3O4. The summed E-state index contributed by atoms with van der Waals surface area (Å²) in [7, 11) is 0. The molecule has 1 saturated heterocycles. The van der Waals surface area contributed by atoms with Gasteiger partial charge in [-0.25, -0.2) is 9.78 Å². The van der Waals surface area contributed by atoms with Gasteiger partial charge in [0.25, 0.3) is 5.91 Å². The summed E-state index contributed by atoms with van der Waals surface area (Å²) in [5, 5.41) is 4.91. The lowest BCUT2D eigenvalue weighted by Crippen LogP contribution is -2.47. The average Bonchev–Trinajstić information content (AvgIpc) is 2.83. The first-order chi connectivity index (χ1) is 16.7. The van der Waals surface area contributed by atoms with E-state index in [1.54, 1.807) is 4.90 Å². The number of ether oxygens (including phenoxy) is 2. The Morgan fingerprint density at radius 1 is 1.06 bits per heavy atom. The van der Waals surface area contributed by atoms with E-state index in [-0.39, 0.29) is 18.0 Å². The van der Waals surface area contributed by atoms with Gasteiger partial charge in [0.05, 0.1) is 12.3 Å². The van der Waals surface area contributed by atoms with Gasteiger partial charge in [-0.2, -0.15) is 0 Å². The van der Waals surface area contributed by atoms with Crippen molar-refractivity contribution >= 4 is 22.8 Å². The van der Waals surface area contributed by atoms with E-state index in [9.17, 15) is 9.59 Å². The van der Waals surface area contributed by atoms with Gasteiger partial charge in [0.2, 0.25) is 0 Å².